The minimum absolute atomic E-state index is 0.0131. The van der Waals surface area contributed by atoms with Crippen molar-refractivity contribution in [2.24, 2.45) is 5.73 Å². The number of benzene rings is 1. The molecule has 0 spiro atoms. The van der Waals surface area contributed by atoms with E-state index in [0.717, 1.165) is 14.3 Å². The Morgan fingerprint density at radius 1 is 1.33 bits per heavy atom. The van der Waals surface area contributed by atoms with Crippen LogP contribution < -0.4 is 5.73 Å². The van der Waals surface area contributed by atoms with Crippen LogP contribution in [0.2, 0.25) is 0 Å². The van der Waals surface area contributed by atoms with Crippen LogP contribution in [-0.4, -0.2) is 35.4 Å². The highest BCUT2D eigenvalue weighted by molar-refractivity contribution is 9.10. The SMILES string of the molecule is NC(=O)CN(Cc1ccc(Br)cc1)S(=O)(=O)c1cn[nH]c1. The molecule has 0 bridgehead atoms. The molecule has 0 aliphatic rings. The van der Waals surface area contributed by atoms with Crippen LogP contribution in [0.4, 0.5) is 0 Å². The van der Waals surface area contributed by atoms with Gasteiger partial charge in [0, 0.05) is 17.2 Å². The molecule has 0 fully saturated rings. The molecule has 2 aromatic rings. The molecule has 1 aromatic carbocycles. The Bertz CT molecular complexity index is 713. The van der Waals surface area contributed by atoms with E-state index in [9.17, 15) is 13.2 Å². The summed E-state index contributed by atoms with van der Waals surface area (Å²) in [5, 5.41) is 6.05. The van der Waals surface area contributed by atoms with Gasteiger partial charge in [0.2, 0.25) is 15.9 Å². The Hall–Kier alpha value is -1.71. The summed E-state index contributed by atoms with van der Waals surface area (Å²) in [6.45, 7) is -0.354. The highest BCUT2D eigenvalue weighted by Gasteiger charge is 2.26. The number of nitrogens with two attached hydrogens (primary N) is 1. The molecule has 0 saturated heterocycles. The highest BCUT2D eigenvalue weighted by Crippen LogP contribution is 2.18. The van der Waals surface area contributed by atoms with Crippen LogP contribution in [0.3, 0.4) is 0 Å². The van der Waals surface area contributed by atoms with E-state index >= 15 is 0 Å². The average Bonchev–Trinajstić information content (AvgIpc) is 2.94. The van der Waals surface area contributed by atoms with Crippen molar-refractivity contribution in [3.8, 4) is 0 Å². The fourth-order valence-electron chi connectivity index (χ4n) is 1.72. The standard InChI is InChI=1S/C12H13BrN4O3S/c13-10-3-1-9(2-4-10)7-17(8-12(14)18)21(19,20)11-5-15-16-6-11/h1-6H,7-8H2,(H2,14,18)(H,15,16). The Morgan fingerprint density at radius 2 is 2.00 bits per heavy atom. The van der Waals surface area contributed by atoms with Crippen molar-refractivity contribution in [3.05, 3.63) is 46.7 Å². The number of primary amides is 1. The van der Waals surface area contributed by atoms with E-state index in [0.29, 0.717) is 0 Å². The highest BCUT2D eigenvalue weighted by atomic mass is 79.9. The first kappa shape index (κ1) is 15.7. The van der Waals surface area contributed by atoms with Gasteiger partial charge in [-0.25, -0.2) is 8.42 Å². The van der Waals surface area contributed by atoms with Gasteiger partial charge in [0.15, 0.2) is 0 Å². The van der Waals surface area contributed by atoms with Crippen molar-refractivity contribution in [1.29, 1.82) is 0 Å². The van der Waals surface area contributed by atoms with Crippen molar-refractivity contribution in [2.45, 2.75) is 11.4 Å². The Labute approximate surface area is 130 Å². The molecular weight excluding hydrogens is 360 g/mol. The van der Waals surface area contributed by atoms with Crippen molar-refractivity contribution in [1.82, 2.24) is 14.5 Å². The van der Waals surface area contributed by atoms with Gasteiger partial charge in [0.1, 0.15) is 4.90 Å². The first-order valence-corrected chi connectivity index (χ1v) is 8.14. The second-order valence-electron chi connectivity index (χ2n) is 4.30. The van der Waals surface area contributed by atoms with Gasteiger partial charge in [0.25, 0.3) is 0 Å². The third-order valence-corrected chi connectivity index (χ3v) is 5.00. The number of sulfonamides is 1. The molecule has 0 atom stereocenters. The van der Waals surface area contributed by atoms with Crippen molar-refractivity contribution >= 4 is 31.9 Å². The zero-order valence-electron chi connectivity index (χ0n) is 10.9. The lowest BCUT2D eigenvalue weighted by molar-refractivity contribution is -0.118. The maximum absolute atomic E-state index is 12.4. The largest absolute Gasteiger partial charge is 0.369 e. The Morgan fingerprint density at radius 3 is 2.52 bits per heavy atom. The number of H-pyrrole nitrogens is 1. The maximum Gasteiger partial charge on any atom is 0.246 e. The molecule has 0 aliphatic heterocycles. The molecule has 0 unspecified atom stereocenters. The zero-order valence-corrected chi connectivity index (χ0v) is 13.3. The van der Waals surface area contributed by atoms with Crippen molar-refractivity contribution in [3.63, 3.8) is 0 Å². The number of carbonyl (C=O) groups excluding carboxylic acids is 1. The summed E-state index contributed by atoms with van der Waals surface area (Å²) in [5.74, 6) is -0.723. The first-order valence-electron chi connectivity index (χ1n) is 5.91. The first-order chi connectivity index (χ1) is 9.89. The van der Waals surface area contributed by atoms with Gasteiger partial charge in [-0.05, 0) is 17.7 Å². The predicted molar refractivity (Wildman–Crippen MR) is 79.5 cm³/mol. The average molecular weight is 373 g/mol. The number of hydrogen-bond donors (Lipinski definition) is 2. The molecule has 0 aliphatic carbocycles. The van der Waals surface area contributed by atoms with Gasteiger partial charge in [-0.3, -0.25) is 9.89 Å². The van der Waals surface area contributed by atoms with Gasteiger partial charge in [0.05, 0.1) is 12.7 Å². The monoisotopic (exact) mass is 372 g/mol. The second-order valence-corrected chi connectivity index (χ2v) is 7.15. The van der Waals surface area contributed by atoms with E-state index in [1.54, 1.807) is 24.3 Å². The summed E-state index contributed by atoms with van der Waals surface area (Å²) < 4.78 is 26.8. The van der Waals surface area contributed by atoms with Gasteiger partial charge in [-0.15, -0.1) is 0 Å². The molecular formula is C12H13BrN4O3S. The van der Waals surface area contributed by atoms with Crippen LogP contribution in [-0.2, 0) is 21.4 Å². The van der Waals surface area contributed by atoms with Gasteiger partial charge >= 0.3 is 0 Å². The summed E-state index contributed by atoms with van der Waals surface area (Å²) >= 11 is 3.30. The quantitative estimate of drug-likeness (QED) is 0.782. The Kier molecular flexibility index (Phi) is 4.76. The molecule has 1 amide bonds. The van der Waals surface area contributed by atoms with Gasteiger partial charge < -0.3 is 5.73 Å². The maximum atomic E-state index is 12.4. The summed E-state index contributed by atoms with van der Waals surface area (Å²) in [4.78, 5) is 11.1. The molecule has 21 heavy (non-hydrogen) atoms. The van der Waals surface area contributed by atoms with Crippen molar-refractivity contribution < 1.29 is 13.2 Å². The van der Waals surface area contributed by atoms with Crippen molar-refractivity contribution in [2.75, 3.05) is 6.54 Å². The number of nitrogens with zero attached hydrogens (tertiary/aromatic N) is 2. The van der Waals surface area contributed by atoms with E-state index in [2.05, 4.69) is 26.1 Å². The molecule has 2 rings (SSSR count). The van der Waals surface area contributed by atoms with E-state index < -0.39 is 22.5 Å². The normalized spacial score (nSPS) is 11.7. The number of carbonyl (C=O) groups is 1. The fourth-order valence-corrected chi connectivity index (χ4v) is 3.29. The fraction of sp³-hybridized carbons (Fsp3) is 0.167. The number of aromatic amines is 1. The molecule has 1 heterocycles. The molecule has 7 nitrogen and oxygen atoms in total. The summed E-state index contributed by atoms with van der Waals surface area (Å²) in [6, 6.07) is 7.12. The molecule has 112 valence electrons. The molecule has 9 heteroatoms. The number of rotatable bonds is 6. The number of nitrogens with one attached hydrogen (secondary N) is 1. The lowest BCUT2D eigenvalue weighted by Crippen LogP contribution is -2.37. The molecule has 0 radical (unpaired) electrons. The number of halogens is 1. The molecule has 0 saturated carbocycles. The van der Waals surface area contributed by atoms with E-state index in [1.165, 1.54) is 12.4 Å². The zero-order chi connectivity index (χ0) is 15.5. The summed E-state index contributed by atoms with van der Waals surface area (Å²) in [6.07, 6.45) is 2.44. The molecule has 1 aromatic heterocycles. The summed E-state index contributed by atoms with van der Waals surface area (Å²) in [5.41, 5.74) is 5.89. The van der Waals surface area contributed by atoms with E-state index in [1.807, 2.05) is 0 Å². The van der Waals surface area contributed by atoms with Crippen LogP contribution in [0.15, 0.2) is 46.0 Å². The van der Waals surface area contributed by atoms with Crippen LogP contribution in [0, 0.1) is 0 Å². The van der Waals surface area contributed by atoms with E-state index in [4.69, 9.17) is 5.73 Å². The molecule has 3 N–H and O–H groups in total. The number of aromatic nitrogens is 2. The van der Waals surface area contributed by atoms with Crippen LogP contribution in [0.25, 0.3) is 0 Å². The third kappa shape index (κ3) is 3.90. The van der Waals surface area contributed by atoms with Crippen LogP contribution in [0.1, 0.15) is 5.56 Å². The minimum Gasteiger partial charge on any atom is -0.369 e. The van der Waals surface area contributed by atoms with Crippen LogP contribution >= 0.6 is 15.9 Å². The lowest BCUT2D eigenvalue weighted by Gasteiger charge is -2.20. The van der Waals surface area contributed by atoms with Gasteiger partial charge in [-0.1, -0.05) is 28.1 Å². The number of amides is 1. The summed E-state index contributed by atoms with van der Waals surface area (Å²) in [7, 11) is -3.83. The number of hydrogen-bond acceptors (Lipinski definition) is 4. The van der Waals surface area contributed by atoms with E-state index in [-0.39, 0.29) is 11.4 Å². The third-order valence-electron chi connectivity index (χ3n) is 2.72. The topological polar surface area (TPSA) is 109 Å². The second kappa shape index (κ2) is 6.37. The minimum atomic E-state index is -3.83. The Balaban J connectivity index is 2.30. The van der Waals surface area contributed by atoms with Gasteiger partial charge in [-0.2, -0.15) is 9.40 Å². The predicted octanol–water partition coefficient (Wildman–Crippen LogP) is 0.848. The van der Waals surface area contributed by atoms with Crippen LogP contribution in [0.5, 0.6) is 0 Å². The smallest absolute Gasteiger partial charge is 0.246 e. The lowest BCUT2D eigenvalue weighted by atomic mass is 10.2.